The van der Waals surface area contributed by atoms with Crippen LogP contribution in [0.4, 0.5) is 18.9 Å². The molecule has 0 bridgehead atoms. The number of alkyl halides is 3. The second-order valence-electron chi connectivity index (χ2n) is 9.83. The van der Waals surface area contributed by atoms with E-state index in [1.165, 1.54) is 5.56 Å². The summed E-state index contributed by atoms with van der Waals surface area (Å²) in [5, 5.41) is 23.5. The molecule has 1 saturated heterocycles. The molecule has 3 aliphatic rings. The van der Waals surface area contributed by atoms with Gasteiger partial charge in [-0.25, -0.2) is 9.78 Å². The second-order valence-corrected chi connectivity index (χ2v) is 9.83. The van der Waals surface area contributed by atoms with Crippen LogP contribution in [0.3, 0.4) is 0 Å². The Morgan fingerprint density at radius 2 is 1.90 bits per heavy atom. The molecule has 1 saturated carbocycles. The lowest BCUT2D eigenvalue weighted by molar-refractivity contribution is -0.192. The summed E-state index contributed by atoms with van der Waals surface area (Å²) < 4.78 is 43.3. The highest BCUT2D eigenvalue weighted by atomic mass is 19.4. The van der Waals surface area contributed by atoms with Crippen LogP contribution in [0.2, 0.25) is 0 Å². The molecule has 0 atom stereocenters. The Morgan fingerprint density at radius 3 is 2.59 bits per heavy atom. The molecule has 2 aliphatic heterocycles. The smallest absolute Gasteiger partial charge is 0.475 e. The van der Waals surface area contributed by atoms with Crippen molar-refractivity contribution in [2.75, 3.05) is 18.5 Å². The molecule has 208 valence electrons. The monoisotopic (exact) mass is 547 g/mol. The number of rotatable bonds is 6. The minimum absolute atomic E-state index is 0.207. The third kappa shape index (κ3) is 6.31. The van der Waals surface area contributed by atoms with Gasteiger partial charge in [-0.15, -0.1) is 0 Å². The largest absolute Gasteiger partial charge is 0.490 e. The van der Waals surface area contributed by atoms with Crippen LogP contribution >= 0.6 is 0 Å². The first-order valence-electron chi connectivity index (χ1n) is 12.6. The van der Waals surface area contributed by atoms with E-state index in [-0.39, 0.29) is 11.7 Å². The molecule has 0 unspecified atom stereocenters. The zero-order chi connectivity index (χ0) is 27.5. The fourth-order valence-electron chi connectivity index (χ4n) is 4.88. The summed E-state index contributed by atoms with van der Waals surface area (Å²) in [7, 11) is 0. The van der Waals surface area contributed by atoms with E-state index < -0.39 is 12.1 Å². The number of carbonyl (C=O) groups is 1. The lowest BCUT2D eigenvalue weighted by atomic mass is 9.74. The van der Waals surface area contributed by atoms with E-state index in [9.17, 15) is 13.2 Å². The highest BCUT2D eigenvalue weighted by Crippen LogP contribution is 2.46. The minimum Gasteiger partial charge on any atom is -0.475 e. The molecule has 2 aromatic heterocycles. The molecule has 2 fully saturated rings. The SMILES string of the molecule is O=C(O)C(F)(F)F.c1ccc(COC2CC3(CC(c4cnc5[nH]ncc5c4NC4CCOCC4)=NO3)C2)cc1. The van der Waals surface area contributed by atoms with Crippen LogP contribution in [-0.2, 0) is 25.7 Å². The summed E-state index contributed by atoms with van der Waals surface area (Å²) in [6.45, 7) is 2.20. The van der Waals surface area contributed by atoms with Crippen LogP contribution in [0, 0.1) is 0 Å². The summed E-state index contributed by atoms with van der Waals surface area (Å²) in [5.41, 5.74) is 4.69. The maximum Gasteiger partial charge on any atom is 0.490 e. The fraction of sp³-hybridized carbons (Fsp3) is 0.462. The summed E-state index contributed by atoms with van der Waals surface area (Å²) in [5.74, 6) is -2.76. The first kappa shape index (κ1) is 26.9. The van der Waals surface area contributed by atoms with Crippen molar-refractivity contribution < 1.29 is 37.4 Å². The van der Waals surface area contributed by atoms with Crippen molar-refractivity contribution in [2.45, 2.75) is 62.6 Å². The number of hydrogen-bond acceptors (Lipinski definition) is 8. The van der Waals surface area contributed by atoms with Crippen molar-refractivity contribution in [2.24, 2.45) is 5.16 Å². The van der Waals surface area contributed by atoms with Gasteiger partial charge in [0.15, 0.2) is 5.65 Å². The van der Waals surface area contributed by atoms with E-state index in [0.29, 0.717) is 12.6 Å². The van der Waals surface area contributed by atoms with Gasteiger partial charge in [-0.2, -0.15) is 18.3 Å². The van der Waals surface area contributed by atoms with Crippen LogP contribution < -0.4 is 5.32 Å². The number of aromatic amines is 1. The van der Waals surface area contributed by atoms with E-state index in [2.05, 4.69) is 37.8 Å². The van der Waals surface area contributed by atoms with Gasteiger partial charge in [-0.05, 0) is 18.4 Å². The summed E-state index contributed by atoms with van der Waals surface area (Å²) in [4.78, 5) is 19.4. The lowest BCUT2D eigenvalue weighted by Crippen LogP contribution is -2.48. The Hall–Kier alpha value is -3.71. The molecule has 0 amide bonds. The van der Waals surface area contributed by atoms with Crippen molar-refractivity contribution in [1.29, 1.82) is 0 Å². The molecule has 13 heteroatoms. The molecule has 1 aliphatic carbocycles. The average molecular weight is 548 g/mol. The number of halogens is 3. The molecule has 1 aromatic carbocycles. The number of benzene rings is 1. The van der Waals surface area contributed by atoms with Gasteiger partial charge in [-0.3, -0.25) is 5.10 Å². The van der Waals surface area contributed by atoms with E-state index in [1.54, 1.807) is 0 Å². The van der Waals surface area contributed by atoms with Crippen LogP contribution in [0.5, 0.6) is 0 Å². The first-order chi connectivity index (χ1) is 18.7. The first-order valence-corrected chi connectivity index (χ1v) is 12.6. The number of hydrogen-bond donors (Lipinski definition) is 3. The van der Waals surface area contributed by atoms with Gasteiger partial charge in [0.2, 0.25) is 0 Å². The summed E-state index contributed by atoms with van der Waals surface area (Å²) in [6.07, 6.45) is 3.28. The van der Waals surface area contributed by atoms with Crippen LogP contribution in [0.25, 0.3) is 11.0 Å². The number of anilines is 1. The molecule has 0 radical (unpaired) electrons. The highest BCUT2D eigenvalue weighted by Gasteiger charge is 2.51. The van der Waals surface area contributed by atoms with Gasteiger partial charge in [0.05, 0.1) is 35.7 Å². The number of aliphatic carboxylic acids is 1. The molecule has 6 rings (SSSR count). The number of ether oxygens (including phenoxy) is 2. The molecule has 10 nitrogen and oxygen atoms in total. The molecule has 4 heterocycles. The number of nitrogens with zero attached hydrogens (tertiary/aromatic N) is 3. The fourth-order valence-corrected chi connectivity index (χ4v) is 4.88. The molecular weight excluding hydrogens is 519 g/mol. The molecule has 1 spiro atoms. The van der Waals surface area contributed by atoms with Crippen LogP contribution in [0.15, 0.2) is 47.9 Å². The van der Waals surface area contributed by atoms with Crippen molar-refractivity contribution in [3.8, 4) is 0 Å². The van der Waals surface area contributed by atoms with Gasteiger partial charge in [0, 0.05) is 50.3 Å². The van der Waals surface area contributed by atoms with Crippen molar-refractivity contribution in [3.63, 3.8) is 0 Å². The number of aromatic nitrogens is 3. The van der Waals surface area contributed by atoms with Gasteiger partial charge in [-0.1, -0.05) is 35.5 Å². The second kappa shape index (κ2) is 11.2. The van der Waals surface area contributed by atoms with E-state index in [4.69, 9.17) is 24.2 Å². The number of pyridine rings is 1. The minimum atomic E-state index is -5.08. The van der Waals surface area contributed by atoms with Gasteiger partial charge in [0.1, 0.15) is 5.60 Å². The number of H-pyrrole nitrogens is 1. The Kier molecular flexibility index (Phi) is 7.71. The van der Waals surface area contributed by atoms with Gasteiger partial charge >= 0.3 is 12.1 Å². The number of oxime groups is 1. The highest BCUT2D eigenvalue weighted by molar-refractivity contribution is 6.10. The van der Waals surface area contributed by atoms with Crippen LogP contribution in [0.1, 0.15) is 43.2 Å². The van der Waals surface area contributed by atoms with E-state index in [1.807, 2.05) is 30.6 Å². The van der Waals surface area contributed by atoms with Crippen molar-refractivity contribution in [3.05, 3.63) is 53.9 Å². The summed E-state index contributed by atoms with van der Waals surface area (Å²) in [6, 6.07) is 10.6. The van der Waals surface area contributed by atoms with Crippen molar-refractivity contribution in [1.82, 2.24) is 15.2 Å². The topological polar surface area (TPSA) is 131 Å². The average Bonchev–Trinajstić information content (AvgIpc) is 3.56. The molecular formula is C26H28F3N5O5. The zero-order valence-electron chi connectivity index (χ0n) is 20.9. The number of carboxylic acids is 1. The van der Waals surface area contributed by atoms with Crippen LogP contribution in [-0.4, -0.2) is 69.1 Å². The normalized spacial score (nSPS) is 22.9. The summed E-state index contributed by atoms with van der Waals surface area (Å²) >= 11 is 0. The lowest BCUT2D eigenvalue weighted by Gasteiger charge is -2.42. The zero-order valence-corrected chi connectivity index (χ0v) is 20.9. The molecule has 3 aromatic rings. The Bertz CT molecular complexity index is 1320. The van der Waals surface area contributed by atoms with Gasteiger partial charge in [0.25, 0.3) is 0 Å². The number of carboxylic acid groups (broad SMARTS) is 1. The van der Waals surface area contributed by atoms with E-state index >= 15 is 0 Å². The maximum atomic E-state index is 10.6. The Balaban J connectivity index is 0.000000392. The van der Waals surface area contributed by atoms with E-state index in [0.717, 1.165) is 73.3 Å². The third-order valence-corrected chi connectivity index (χ3v) is 6.97. The molecule has 39 heavy (non-hydrogen) atoms. The van der Waals surface area contributed by atoms with Crippen molar-refractivity contribution >= 4 is 28.4 Å². The third-order valence-electron chi connectivity index (χ3n) is 6.97. The van der Waals surface area contributed by atoms with Gasteiger partial charge < -0.3 is 24.7 Å². The molecule has 3 N–H and O–H groups in total. The standard InChI is InChI=1S/C24H27N5O3.C2HF3O2/c1-2-4-16(5-3-1)15-31-18-10-24(11-18)12-21(29-32-24)19-13-25-23-20(14-26-28-23)22(19)27-17-6-8-30-9-7-17;3-2(4,5)1(6)7/h1-5,13-14,17-18H,6-12,15H2,(H2,25,26,27,28);(H,6,7). The Labute approximate surface area is 221 Å². The Morgan fingerprint density at radius 1 is 1.18 bits per heavy atom. The number of fused-ring (bicyclic) bond motifs is 1. The maximum absolute atomic E-state index is 10.6. The number of nitrogens with one attached hydrogen (secondary N) is 2. The quantitative estimate of drug-likeness (QED) is 0.413. The predicted octanol–water partition coefficient (Wildman–Crippen LogP) is 4.42. The predicted molar refractivity (Wildman–Crippen MR) is 134 cm³/mol.